The Hall–Kier alpha value is -2.15. The van der Waals surface area contributed by atoms with E-state index in [-0.39, 0.29) is 11.7 Å². The molecule has 1 heterocycles. The summed E-state index contributed by atoms with van der Waals surface area (Å²) in [5.41, 5.74) is 1.40. The number of aromatic nitrogens is 1. The molecule has 0 aliphatic rings. The molecule has 0 atom stereocenters. The van der Waals surface area contributed by atoms with Crippen molar-refractivity contribution in [2.75, 3.05) is 0 Å². The van der Waals surface area contributed by atoms with E-state index in [9.17, 15) is 4.79 Å². The Bertz CT molecular complexity index is 549. The standard InChI is InChI=1S/C10H6N2O2/c1-6(13)7-3-2-4-8-10(7)12-9(5-11)14-8/h2-4H,1H3. The third-order valence-electron chi connectivity index (χ3n) is 1.89. The Kier molecular flexibility index (Phi) is 1.79. The highest BCUT2D eigenvalue weighted by molar-refractivity contribution is 6.04. The molecule has 0 saturated heterocycles. The highest BCUT2D eigenvalue weighted by atomic mass is 16.3. The average Bonchev–Trinajstić information content (AvgIpc) is 2.59. The number of fused-ring (bicyclic) bond motifs is 1. The van der Waals surface area contributed by atoms with Crippen LogP contribution in [0.1, 0.15) is 23.2 Å². The lowest BCUT2D eigenvalue weighted by Gasteiger charge is -1.93. The molecule has 0 bridgehead atoms. The molecule has 0 amide bonds. The van der Waals surface area contributed by atoms with Gasteiger partial charge in [0, 0.05) is 5.56 Å². The van der Waals surface area contributed by atoms with Crippen LogP contribution < -0.4 is 0 Å². The Morgan fingerprint density at radius 1 is 1.57 bits per heavy atom. The Morgan fingerprint density at radius 3 is 3.00 bits per heavy atom. The first-order valence-corrected chi connectivity index (χ1v) is 4.03. The van der Waals surface area contributed by atoms with Gasteiger partial charge in [-0.1, -0.05) is 6.07 Å². The predicted molar refractivity (Wildman–Crippen MR) is 48.7 cm³/mol. The van der Waals surface area contributed by atoms with E-state index in [1.807, 2.05) is 0 Å². The minimum absolute atomic E-state index is 0.0197. The molecule has 0 aliphatic heterocycles. The first-order valence-electron chi connectivity index (χ1n) is 4.03. The number of hydrogen-bond donors (Lipinski definition) is 0. The lowest BCUT2D eigenvalue weighted by molar-refractivity contribution is 0.101. The minimum Gasteiger partial charge on any atom is -0.428 e. The summed E-state index contributed by atoms with van der Waals surface area (Å²) in [6.45, 7) is 1.45. The number of benzene rings is 1. The summed E-state index contributed by atoms with van der Waals surface area (Å²) in [6, 6.07) is 6.83. The number of carbonyl (C=O) groups excluding carboxylic acids is 1. The van der Waals surface area contributed by atoms with Crippen LogP contribution in [0.4, 0.5) is 0 Å². The molecule has 0 unspecified atom stereocenters. The van der Waals surface area contributed by atoms with Gasteiger partial charge in [0.15, 0.2) is 17.4 Å². The second-order valence-electron chi connectivity index (χ2n) is 2.84. The number of para-hydroxylation sites is 1. The van der Waals surface area contributed by atoms with E-state index < -0.39 is 0 Å². The predicted octanol–water partition coefficient (Wildman–Crippen LogP) is 1.90. The van der Waals surface area contributed by atoms with Crippen LogP contribution in [0.25, 0.3) is 11.1 Å². The monoisotopic (exact) mass is 186 g/mol. The van der Waals surface area contributed by atoms with Gasteiger partial charge in [-0.3, -0.25) is 4.79 Å². The van der Waals surface area contributed by atoms with Gasteiger partial charge in [0.1, 0.15) is 5.52 Å². The van der Waals surface area contributed by atoms with E-state index in [1.54, 1.807) is 24.3 Å². The lowest BCUT2D eigenvalue weighted by Crippen LogP contribution is -1.92. The van der Waals surface area contributed by atoms with Crippen molar-refractivity contribution in [3.05, 3.63) is 29.7 Å². The van der Waals surface area contributed by atoms with Crippen LogP contribution in [0.3, 0.4) is 0 Å². The number of nitriles is 1. The van der Waals surface area contributed by atoms with Gasteiger partial charge in [-0.15, -0.1) is 0 Å². The lowest BCUT2D eigenvalue weighted by atomic mass is 10.1. The zero-order valence-electron chi connectivity index (χ0n) is 7.44. The third kappa shape index (κ3) is 1.15. The molecular formula is C10H6N2O2. The van der Waals surface area contributed by atoms with E-state index >= 15 is 0 Å². The van der Waals surface area contributed by atoms with Gasteiger partial charge < -0.3 is 4.42 Å². The quantitative estimate of drug-likeness (QED) is 0.638. The fourth-order valence-corrected chi connectivity index (χ4v) is 1.28. The smallest absolute Gasteiger partial charge is 0.301 e. The molecule has 0 saturated carbocycles. The van der Waals surface area contributed by atoms with Gasteiger partial charge in [-0.25, -0.2) is 0 Å². The molecule has 2 aromatic rings. The van der Waals surface area contributed by atoms with Crippen molar-refractivity contribution in [3.63, 3.8) is 0 Å². The molecule has 0 fully saturated rings. The van der Waals surface area contributed by atoms with Crippen LogP contribution in [0.5, 0.6) is 0 Å². The number of Topliss-reactive ketones (excluding diaryl/α,β-unsaturated/α-hetero) is 1. The summed E-state index contributed by atoms with van der Waals surface area (Å²) in [7, 11) is 0. The molecule has 0 N–H and O–H groups in total. The molecule has 0 radical (unpaired) electrons. The van der Waals surface area contributed by atoms with Crippen molar-refractivity contribution >= 4 is 16.9 Å². The van der Waals surface area contributed by atoms with Crippen LogP contribution in [-0.4, -0.2) is 10.8 Å². The number of hydrogen-bond acceptors (Lipinski definition) is 4. The highest BCUT2D eigenvalue weighted by Crippen LogP contribution is 2.19. The van der Waals surface area contributed by atoms with Gasteiger partial charge in [0.25, 0.3) is 0 Å². The summed E-state index contributed by atoms with van der Waals surface area (Å²) >= 11 is 0. The average molecular weight is 186 g/mol. The normalized spacial score (nSPS) is 10.0. The SMILES string of the molecule is CC(=O)c1cccc2oc(C#N)nc12. The number of rotatable bonds is 1. The van der Waals surface area contributed by atoms with E-state index in [2.05, 4.69) is 4.98 Å². The second kappa shape index (κ2) is 2.96. The van der Waals surface area contributed by atoms with Gasteiger partial charge in [-0.2, -0.15) is 10.2 Å². The third-order valence-corrected chi connectivity index (χ3v) is 1.89. The molecule has 14 heavy (non-hydrogen) atoms. The second-order valence-corrected chi connectivity index (χ2v) is 2.84. The molecule has 1 aromatic carbocycles. The Morgan fingerprint density at radius 2 is 2.36 bits per heavy atom. The van der Waals surface area contributed by atoms with Crippen LogP contribution in [0, 0.1) is 11.3 Å². The minimum atomic E-state index is -0.0895. The summed E-state index contributed by atoms with van der Waals surface area (Å²) < 4.78 is 5.08. The molecule has 4 nitrogen and oxygen atoms in total. The van der Waals surface area contributed by atoms with Crippen molar-refractivity contribution in [1.82, 2.24) is 4.98 Å². The van der Waals surface area contributed by atoms with E-state index in [0.29, 0.717) is 16.7 Å². The van der Waals surface area contributed by atoms with E-state index in [4.69, 9.17) is 9.68 Å². The van der Waals surface area contributed by atoms with Gasteiger partial charge in [0.2, 0.25) is 0 Å². The zero-order chi connectivity index (χ0) is 10.1. The van der Waals surface area contributed by atoms with Crippen molar-refractivity contribution < 1.29 is 9.21 Å². The molecule has 0 spiro atoms. The van der Waals surface area contributed by atoms with Crippen LogP contribution in [0.2, 0.25) is 0 Å². The zero-order valence-corrected chi connectivity index (χ0v) is 7.44. The van der Waals surface area contributed by atoms with Crippen LogP contribution in [0.15, 0.2) is 22.6 Å². The molecule has 1 aromatic heterocycles. The molecule has 2 rings (SSSR count). The van der Waals surface area contributed by atoms with Crippen molar-refractivity contribution in [2.45, 2.75) is 6.92 Å². The number of oxazole rings is 1. The van der Waals surface area contributed by atoms with Crippen molar-refractivity contribution in [3.8, 4) is 6.07 Å². The van der Waals surface area contributed by atoms with Crippen LogP contribution in [-0.2, 0) is 0 Å². The summed E-state index contributed by atoms with van der Waals surface area (Å²) in [4.78, 5) is 15.1. The Labute approximate surface area is 79.8 Å². The number of ketones is 1. The van der Waals surface area contributed by atoms with E-state index in [0.717, 1.165) is 0 Å². The molecule has 68 valence electrons. The van der Waals surface area contributed by atoms with E-state index in [1.165, 1.54) is 6.92 Å². The fraction of sp³-hybridized carbons (Fsp3) is 0.100. The first-order chi connectivity index (χ1) is 6.72. The largest absolute Gasteiger partial charge is 0.428 e. The summed E-state index contributed by atoms with van der Waals surface area (Å²) in [5.74, 6) is -0.109. The molecule has 4 heteroatoms. The topological polar surface area (TPSA) is 66.9 Å². The van der Waals surface area contributed by atoms with Gasteiger partial charge >= 0.3 is 5.89 Å². The number of carbonyl (C=O) groups is 1. The molecule has 0 aliphatic carbocycles. The summed E-state index contributed by atoms with van der Waals surface area (Å²) in [6.07, 6.45) is 0. The van der Waals surface area contributed by atoms with Gasteiger partial charge in [0.05, 0.1) is 0 Å². The Balaban J connectivity index is 2.81. The maximum atomic E-state index is 11.2. The fourth-order valence-electron chi connectivity index (χ4n) is 1.28. The summed E-state index contributed by atoms with van der Waals surface area (Å²) in [5, 5.41) is 8.58. The number of nitrogens with zero attached hydrogens (tertiary/aromatic N) is 2. The van der Waals surface area contributed by atoms with Crippen molar-refractivity contribution in [2.24, 2.45) is 0 Å². The maximum Gasteiger partial charge on any atom is 0.301 e. The molecular weight excluding hydrogens is 180 g/mol. The first kappa shape index (κ1) is 8.45. The highest BCUT2D eigenvalue weighted by Gasteiger charge is 2.11. The van der Waals surface area contributed by atoms with Crippen molar-refractivity contribution in [1.29, 1.82) is 5.26 Å². The van der Waals surface area contributed by atoms with Gasteiger partial charge in [-0.05, 0) is 19.1 Å². The maximum absolute atomic E-state index is 11.2. The van der Waals surface area contributed by atoms with Crippen LogP contribution >= 0.6 is 0 Å².